The molecule has 22 heavy (non-hydrogen) atoms. The van der Waals surface area contributed by atoms with E-state index in [1.165, 1.54) is 24.3 Å². The van der Waals surface area contributed by atoms with Crippen molar-refractivity contribution in [2.45, 2.75) is 0 Å². The second kappa shape index (κ2) is 11.8. The first kappa shape index (κ1) is 24.6. The van der Waals surface area contributed by atoms with Gasteiger partial charge in [-0.25, -0.2) is 4.79 Å². The summed E-state index contributed by atoms with van der Waals surface area (Å²) in [6.07, 6.45) is 0. The van der Waals surface area contributed by atoms with Crippen LogP contribution in [0.4, 0.5) is 0 Å². The SMILES string of the molecule is O=C(O)c1ccc(C(=O)C(CS(=O)[O-])CS(=O)[O-])cc1.[PoH2].[PoH2]. The van der Waals surface area contributed by atoms with Crippen molar-refractivity contribution >= 4 is 87.0 Å². The Bertz CT molecular complexity index is 546. The Labute approximate surface area is 170 Å². The van der Waals surface area contributed by atoms with Crippen LogP contribution in [0.5, 0.6) is 0 Å². The van der Waals surface area contributed by atoms with Gasteiger partial charge in [0.15, 0.2) is 5.78 Å². The molecule has 0 amide bonds. The van der Waals surface area contributed by atoms with Gasteiger partial charge >= 0.3 is 59.1 Å². The molecule has 0 heterocycles. The Morgan fingerprint density at radius 3 is 1.64 bits per heavy atom. The molecule has 0 saturated heterocycles. The van der Waals surface area contributed by atoms with Crippen molar-refractivity contribution in [2.24, 2.45) is 5.92 Å². The molecule has 0 bridgehead atoms. The van der Waals surface area contributed by atoms with Crippen molar-refractivity contribution in [3.8, 4) is 0 Å². The van der Waals surface area contributed by atoms with Crippen LogP contribution >= 0.6 is 0 Å². The summed E-state index contributed by atoms with van der Waals surface area (Å²) in [4.78, 5) is 22.7. The van der Waals surface area contributed by atoms with Crippen LogP contribution in [0.15, 0.2) is 24.3 Å². The van der Waals surface area contributed by atoms with Gasteiger partial charge in [0.25, 0.3) is 0 Å². The van der Waals surface area contributed by atoms with Crippen molar-refractivity contribution in [3.05, 3.63) is 35.4 Å². The number of carboxylic acid groups (broad SMARTS) is 1. The molecule has 1 N–H and O–H groups in total. The van der Waals surface area contributed by atoms with Gasteiger partial charge in [0.1, 0.15) is 0 Å². The predicted octanol–water partition coefficient (Wildman–Crippen LogP) is -1.89. The molecular weight excluding hydrogens is 726 g/mol. The van der Waals surface area contributed by atoms with Gasteiger partial charge in [0.05, 0.1) is 5.56 Å². The van der Waals surface area contributed by atoms with Crippen molar-refractivity contribution in [2.75, 3.05) is 11.5 Å². The van der Waals surface area contributed by atoms with Crippen LogP contribution in [0.2, 0.25) is 0 Å². The number of rotatable bonds is 7. The third-order valence-electron chi connectivity index (χ3n) is 2.46. The average Bonchev–Trinajstić information content (AvgIpc) is 2.36. The molecule has 11 heteroatoms. The number of hydrogen-bond donors (Lipinski definition) is 1. The molecule has 1 aromatic rings. The second-order valence-electron chi connectivity index (χ2n) is 3.88. The van der Waals surface area contributed by atoms with Gasteiger partial charge in [-0.2, -0.15) is 0 Å². The quantitative estimate of drug-likeness (QED) is 0.256. The van der Waals surface area contributed by atoms with E-state index in [0.717, 1.165) is 0 Å². The zero-order valence-corrected chi connectivity index (χ0v) is 20.4. The van der Waals surface area contributed by atoms with Crippen molar-refractivity contribution in [1.29, 1.82) is 0 Å². The molecule has 0 aromatic heterocycles. The van der Waals surface area contributed by atoms with E-state index in [1.54, 1.807) is 0 Å². The summed E-state index contributed by atoms with van der Waals surface area (Å²) in [6.45, 7) is 0. The fourth-order valence-corrected chi connectivity index (χ4v) is 2.89. The van der Waals surface area contributed by atoms with Gasteiger partial charge < -0.3 is 14.2 Å². The molecule has 0 aliphatic carbocycles. The van der Waals surface area contributed by atoms with E-state index in [2.05, 4.69) is 0 Å². The maximum absolute atomic E-state index is 12.0. The van der Waals surface area contributed by atoms with Crippen LogP contribution in [0.25, 0.3) is 0 Å². The van der Waals surface area contributed by atoms with Crippen LogP contribution in [0.1, 0.15) is 20.7 Å². The maximum atomic E-state index is 12.0. The van der Waals surface area contributed by atoms with Crippen LogP contribution in [-0.4, -0.2) is 99.0 Å². The Kier molecular flexibility index (Phi) is 13.2. The van der Waals surface area contributed by atoms with Gasteiger partial charge in [-0.15, -0.1) is 0 Å². The van der Waals surface area contributed by atoms with E-state index in [0.29, 0.717) is 0 Å². The summed E-state index contributed by atoms with van der Waals surface area (Å²) in [6, 6.07) is 4.82. The first-order chi connectivity index (χ1) is 9.31. The van der Waals surface area contributed by atoms with Crippen LogP contribution in [-0.2, 0) is 22.2 Å². The first-order valence-electron chi connectivity index (χ1n) is 5.30. The topological polar surface area (TPSA) is 135 Å². The van der Waals surface area contributed by atoms with Gasteiger partial charge in [0.2, 0.25) is 0 Å². The Morgan fingerprint density at radius 2 is 1.32 bits per heavy atom. The number of carbonyl (C=O) groups is 2. The molecule has 0 radical (unpaired) electrons. The molecule has 1 rings (SSSR count). The molecule has 0 aliphatic rings. The zero-order valence-electron chi connectivity index (χ0n) is 11.0. The standard InChI is InChI=1S/C11H12O7S2.2Po.4H/c12-10(9(5-19(15)16)6-20(17)18)7-1-3-8(4-2-7)11(13)14;;;;;;/h1-4,9H,5-6H2,(H,13,14)(H,15,16)(H,17,18);;;;;;/p-2. The van der Waals surface area contributed by atoms with Crippen molar-refractivity contribution in [3.63, 3.8) is 0 Å². The van der Waals surface area contributed by atoms with Crippen molar-refractivity contribution < 1.29 is 32.2 Å². The number of Topliss-reactive ketones (excluding diaryl/α,β-unsaturated/α-hetero) is 1. The Morgan fingerprint density at radius 1 is 0.955 bits per heavy atom. The Hall–Kier alpha value is 0.372. The fourth-order valence-electron chi connectivity index (χ4n) is 1.54. The summed E-state index contributed by atoms with van der Waals surface area (Å²) < 4.78 is 42.6. The third kappa shape index (κ3) is 8.29. The summed E-state index contributed by atoms with van der Waals surface area (Å²) in [5, 5.41) is 8.71. The van der Waals surface area contributed by atoms with Gasteiger partial charge in [0, 0.05) is 23.0 Å². The number of ketones is 1. The number of carbonyl (C=O) groups excluding carboxylic acids is 1. The molecule has 0 fully saturated rings. The monoisotopic (exact) mass is 740 g/mol. The van der Waals surface area contributed by atoms with E-state index < -0.39 is 51.3 Å². The molecule has 0 saturated carbocycles. The van der Waals surface area contributed by atoms with E-state index in [4.69, 9.17) is 5.11 Å². The molecule has 0 aliphatic heterocycles. The van der Waals surface area contributed by atoms with E-state index in [-0.39, 0.29) is 64.3 Å². The third-order valence-corrected chi connectivity index (χ3v) is 3.81. The molecule has 0 spiro atoms. The number of benzene rings is 1. The van der Waals surface area contributed by atoms with E-state index in [1.807, 2.05) is 0 Å². The second-order valence-corrected chi connectivity index (χ2v) is 5.77. The summed E-state index contributed by atoms with van der Waals surface area (Å²) in [7, 11) is 0. The normalized spacial score (nSPS) is 13.9. The molecule has 126 valence electrons. The van der Waals surface area contributed by atoms with Crippen LogP contribution in [0.3, 0.4) is 0 Å². The minimum absolute atomic E-state index is 0. The van der Waals surface area contributed by atoms with Gasteiger partial charge in [-0.05, 0) is 12.1 Å². The zero-order chi connectivity index (χ0) is 15.3. The average molecular weight is 740 g/mol. The summed E-state index contributed by atoms with van der Waals surface area (Å²) >= 11 is -5.11. The van der Waals surface area contributed by atoms with Crippen LogP contribution in [0, 0.1) is 5.92 Å². The number of aromatic carboxylic acids is 1. The summed E-state index contributed by atoms with van der Waals surface area (Å²) in [5.41, 5.74) is 0.0359. The number of hydrogen-bond acceptors (Lipinski definition) is 6. The molecular formula is C11H14O7Po2S2-2. The summed E-state index contributed by atoms with van der Waals surface area (Å²) in [5.74, 6) is -4.24. The van der Waals surface area contributed by atoms with Gasteiger partial charge in [-0.3, -0.25) is 13.2 Å². The predicted molar refractivity (Wildman–Crippen MR) is 85.9 cm³/mol. The number of carboxylic acids is 1. The van der Waals surface area contributed by atoms with Crippen LogP contribution < -0.4 is 0 Å². The van der Waals surface area contributed by atoms with Gasteiger partial charge in [-0.1, -0.05) is 34.3 Å². The van der Waals surface area contributed by atoms with Crippen molar-refractivity contribution in [1.82, 2.24) is 0 Å². The first-order valence-corrected chi connectivity index (χ1v) is 7.79. The molecule has 1 aromatic carbocycles. The minimum atomic E-state index is -2.56. The molecule has 7 nitrogen and oxygen atoms in total. The molecule has 2 atom stereocenters. The molecule has 2 unspecified atom stereocenters. The van der Waals surface area contributed by atoms with E-state index in [9.17, 15) is 27.1 Å². The fraction of sp³-hybridized carbons (Fsp3) is 0.273. The Balaban J connectivity index is 0. The van der Waals surface area contributed by atoms with E-state index >= 15 is 0 Å².